The summed E-state index contributed by atoms with van der Waals surface area (Å²) in [5.74, 6) is -0.536. The van der Waals surface area contributed by atoms with Gasteiger partial charge in [-0.05, 0) is 26.8 Å². The van der Waals surface area contributed by atoms with Crippen LogP contribution in [0.3, 0.4) is 0 Å². The van der Waals surface area contributed by atoms with Gasteiger partial charge in [0.25, 0.3) is 6.43 Å². The van der Waals surface area contributed by atoms with Crippen LogP contribution in [0.5, 0.6) is 5.75 Å². The van der Waals surface area contributed by atoms with Crippen molar-refractivity contribution in [3.63, 3.8) is 0 Å². The first kappa shape index (κ1) is 16.2. The molecule has 0 aliphatic carbocycles. The Hall–Kier alpha value is -1.89. The van der Waals surface area contributed by atoms with E-state index in [2.05, 4.69) is 5.32 Å². The van der Waals surface area contributed by atoms with Crippen molar-refractivity contribution in [3.8, 4) is 5.75 Å². The van der Waals surface area contributed by atoms with Gasteiger partial charge in [-0.2, -0.15) is 0 Å². The van der Waals surface area contributed by atoms with Gasteiger partial charge < -0.3 is 14.9 Å². The number of hydrogen-bond acceptors (Lipinski definition) is 4. The van der Waals surface area contributed by atoms with Gasteiger partial charge in [-0.3, -0.25) is 5.32 Å². The number of alkyl halides is 2. The van der Waals surface area contributed by atoms with Crippen molar-refractivity contribution in [3.05, 3.63) is 23.8 Å². The number of halogens is 2. The molecule has 1 aromatic carbocycles. The fourth-order valence-corrected chi connectivity index (χ4v) is 1.43. The van der Waals surface area contributed by atoms with Crippen LogP contribution in [0.2, 0.25) is 0 Å². The second kappa shape index (κ2) is 6.04. The average molecular weight is 289 g/mol. The first-order valence-electron chi connectivity index (χ1n) is 5.89. The molecule has 3 N–H and O–H groups in total. The zero-order valence-corrected chi connectivity index (χ0v) is 11.4. The summed E-state index contributed by atoms with van der Waals surface area (Å²) in [6.07, 6.45) is -5.82. The molecule has 20 heavy (non-hydrogen) atoms. The highest BCUT2D eigenvalue weighted by Crippen LogP contribution is 2.30. The fourth-order valence-electron chi connectivity index (χ4n) is 1.43. The number of nitrogens with one attached hydrogen (secondary N) is 1. The van der Waals surface area contributed by atoms with Gasteiger partial charge in [0.15, 0.2) is 0 Å². The quantitative estimate of drug-likeness (QED) is 0.799. The molecule has 1 amide bonds. The van der Waals surface area contributed by atoms with E-state index in [1.807, 2.05) is 0 Å². The lowest BCUT2D eigenvalue weighted by molar-refractivity contribution is -0.00697. The van der Waals surface area contributed by atoms with Crippen LogP contribution in [0.25, 0.3) is 0 Å². The number of aromatic hydroxyl groups is 1. The topological polar surface area (TPSA) is 78.8 Å². The molecular weight excluding hydrogens is 272 g/mol. The zero-order valence-electron chi connectivity index (χ0n) is 11.4. The molecule has 112 valence electrons. The predicted octanol–water partition coefficient (Wildman–Crippen LogP) is 3.04. The summed E-state index contributed by atoms with van der Waals surface area (Å²) in [6, 6.07) is 3.45. The predicted molar refractivity (Wildman–Crippen MR) is 68.9 cm³/mol. The molecule has 0 saturated heterocycles. The van der Waals surface area contributed by atoms with Crippen molar-refractivity contribution in [1.29, 1.82) is 0 Å². The van der Waals surface area contributed by atoms with Crippen molar-refractivity contribution in [2.75, 3.05) is 5.32 Å². The van der Waals surface area contributed by atoms with Gasteiger partial charge in [0, 0.05) is 17.3 Å². The van der Waals surface area contributed by atoms with E-state index in [1.165, 1.54) is 6.07 Å². The molecule has 0 spiro atoms. The highest BCUT2D eigenvalue weighted by Gasteiger charge is 2.23. The molecule has 0 heterocycles. The number of carbonyl (C=O) groups excluding carboxylic acids is 1. The Balaban J connectivity index is 2.80. The van der Waals surface area contributed by atoms with Gasteiger partial charge in [-0.1, -0.05) is 6.07 Å². The van der Waals surface area contributed by atoms with E-state index >= 15 is 0 Å². The van der Waals surface area contributed by atoms with Gasteiger partial charge in [0.1, 0.15) is 17.5 Å². The van der Waals surface area contributed by atoms with Crippen LogP contribution >= 0.6 is 0 Å². The number of anilines is 1. The van der Waals surface area contributed by atoms with Crippen LogP contribution in [0.1, 0.15) is 32.4 Å². The second-order valence-corrected chi connectivity index (χ2v) is 5.18. The van der Waals surface area contributed by atoms with Crippen LogP contribution in [-0.4, -0.2) is 28.3 Å². The summed E-state index contributed by atoms with van der Waals surface area (Å²) < 4.78 is 29.7. The monoisotopic (exact) mass is 289 g/mol. The third-order valence-electron chi connectivity index (χ3n) is 2.23. The fraction of sp³-hybridized carbons (Fsp3) is 0.462. The Bertz CT molecular complexity index is 486. The number of rotatable bonds is 3. The van der Waals surface area contributed by atoms with Crippen LogP contribution < -0.4 is 5.32 Å². The van der Waals surface area contributed by atoms with Crippen molar-refractivity contribution >= 4 is 11.8 Å². The minimum atomic E-state index is -3.01. The third-order valence-corrected chi connectivity index (χ3v) is 2.23. The summed E-state index contributed by atoms with van der Waals surface area (Å²) in [7, 11) is 0. The van der Waals surface area contributed by atoms with E-state index in [1.54, 1.807) is 20.8 Å². The molecule has 0 bridgehead atoms. The van der Waals surface area contributed by atoms with Crippen molar-refractivity contribution in [2.24, 2.45) is 0 Å². The smallest absolute Gasteiger partial charge is 0.412 e. The second-order valence-electron chi connectivity index (χ2n) is 5.18. The molecule has 1 atom stereocenters. The SMILES string of the molecule is CC(C)(C)OC(=O)Nc1ccc(C(O)C(F)F)c(O)c1. The largest absolute Gasteiger partial charge is 0.507 e. The maximum Gasteiger partial charge on any atom is 0.412 e. The lowest BCUT2D eigenvalue weighted by atomic mass is 10.1. The molecule has 0 aromatic heterocycles. The van der Waals surface area contributed by atoms with E-state index in [4.69, 9.17) is 4.74 Å². The van der Waals surface area contributed by atoms with Gasteiger partial charge in [-0.25, -0.2) is 13.6 Å². The van der Waals surface area contributed by atoms with E-state index < -0.39 is 30.0 Å². The number of phenolic OH excluding ortho intramolecular Hbond substituents is 1. The normalized spacial score (nSPS) is 13.2. The highest BCUT2D eigenvalue weighted by molar-refractivity contribution is 5.85. The van der Waals surface area contributed by atoms with Crippen molar-refractivity contribution < 1.29 is 28.5 Å². The zero-order chi connectivity index (χ0) is 15.5. The minimum absolute atomic E-state index is 0.168. The van der Waals surface area contributed by atoms with Crippen LogP contribution in [0.4, 0.5) is 19.3 Å². The molecule has 1 aromatic rings. The van der Waals surface area contributed by atoms with E-state index in [0.717, 1.165) is 12.1 Å². The maximum atomic E-state index is 12.3. The number of aliphatic hydroxyl groups is 1. The number of carbonyl (C=O) groups is 1. The maximum absolute atomic E-state index is 12.3. The Labute approximate surface area is 115 Å². The number of hydrogen-bond donors (Lipinski definition) is 3. The van der Waals surface area contributed by atoms with Crippen LogP contribution in [-0.2, 0) is 4.74 Å². The minimum Gasteiger partial charge on any atom is -0.507 e. The standard InChI is InChI=1S/C13H17F2NO4/c1-13(2,3)20-12(19)16-7-4-5-8(9(17)6-7)10(18)11(14)15/h4-6,10-11,17-18H,1-3H3,(H,16,19). The Morgan fingerprint density at radius 2 is 1.95 bits per heavy atom. The molecule has 0 aliphatic rings. The van der Waals surface area contributed by atoms with Gasteiger partial charge in [0.2, 0.25) is 0 Å². The molecule has 5 nitrogen and oxygen atoms in total. The van der Waals surface area contributed by atoms with Crippen LogP contribution in [0.15, 0.2) is 18.2 Å². The summed E-state index contributed by atoms with van der Waals surface area (Å²) in [5, 5.41) is 21.1. The lowest BCUT2D eigenvalue weighted by Gasteiger charge is -2.20. The number of ether oxygens (including phenoxy) is 1. The molecule has 0 fully saturated rings. The number of aliphatic hydroxyl groups excluding tert-OH is 1. The molecule has 0 radical (unpaired) electrons. The summed E-state index contributed by atoms with van der Waals surface area (Å²) in [5.41, 5.74) is -0.825. The summed E-state index contributed by atoms with van der Waals surface area (Å²) in [6.45, 7) is 5.06. The number of benzene rings is 1. The first-order chi connectivity index (χ1) is 9.10. The van der Waals surface area contributed by atoms with Gasteiger partial charge in [-0.15, -0.1) is 0 Å². The van der Waals surface area contributed by atoms with Crippen molar-refractivity contribution in [2.45, 2.75) is 38.9 Å². The van der Waals surface area contributed by atoms with Gasteiger partial charge >= 0.3 is 6.09 Å². The molecule has 1 rings (SSSR count). The van der Waals surface area contributed by atoms with Crippen LogP contribution in [0, 0.1) is 0 Å². The van der Waals surface area contributed by atoms with E-state index in [9.17, 15) is 23.8 Å². The lowest BCUT2D eigenvalue weighted by Crippen LogP contribution is -2.27. The van der Waals surface area contributed by atoms with Crippen molar-refractivity contribution in [1.82, 2.24) is 0 Å². The molecule has 1 unspecified atom stereocenters. The molecule has 0 saturated carbocycles. The van der Waals surface area contributed by atoms with Gasteiger partial charge in [0.05, 0.1) is 0 Å². The molecule has 0 aliphatic heterocycles. The molecule has 7 heteroatoms. The third kappa shape index (κ3) is 4.65. The summed E-state index contributed by atoms with van der Waals surface area (Å²) >= 11 is 0. The number of amides is 1. The Morgan fingerprint density at radius 3 is 2.40 bits per heavy atom. The molecular formula is C13H17F2NO4. The first-order valence-corrected chi connectivity index (χ1v) is 5.89. The summed E-state index contributed by atoms with van der Waals surface area (Å²) in [4.78, 5) is 11.5. The average Bonchev–Trinajstić information content (AvgIpc) is 2.25. The Morgan fingerprint density at radius 1 is 1.35 bits per heavy atom. The van der Waals surface area contributed by atoms with E-state index in [-0.39, 0.29) is 11.3 Å². The van der Waals surface area contributed by atoms with E-state index in [0.29, 0.717) is 0 Å². The number of phenols is 1. The highest BCUT2D eigenvalue weighted by atomic mass is 19.3. The Kier molecular flexibility index (Phi) is 4.88.